The van der Waals surface area contributed by atoms with Crippen molar-refractivity contribution >= 4 is 34.2 Å². The van der Waals surface area contributed by atoms with Crippen LogP contribution in [-0.2, 0) is 6.54 Å². The lowest BCUT2D eigenvalue weighted by Crippen LogP contribution is -2.46. The number of rotatable bonds is 5. The minimum Gasteiger partial charge on any atom is -0.454 e. The van der Waals surface area contributed by atoms with Crippen LogP contribution in [0.2, 0.25) is 0 Å². The van der Waals surface area contributed by atoms with Crippen molar-refractivity contribution < 1.29 is 9.47 Å². The van der Waals surface area contributed by atoms with Crippen molar-refractivity contribution in [2.45, 2.75) is 16.5 Å². The number of benzene rings is 2. The molecule has 2 N–H and O–H groups in total. The molecule has 9 heteroatoms. The number of para-hydroxylation sites is 1. The normalized spacial score (nSPS) is 15.7. The zero-order chi connectivity index (χ0) is 22.9. The predicted octanol–water partition coefficient (Wildman–Crippen LogP) is 3.81. The van der Waals surface area contributed by atoms with Gasteiger partial charge in [0.05, 0.1) is 5.52 Å². The van der Waals surface area contributed by atoms with E-state index in [0.29, 0.717) is 12.5 Å². The van der Waals surface area contributed by atoms with Crippen LogP contribution in [0.15, 0.2) is 71.0 Å². The highest BCUT2D eigenvalue weighted by atomic mass is 32.2. The van der Waals surface area contributed by atoms with E-state index in [9.17, 15) is 0 Å². The highest BCUT2D eigenvalue weighted by Gasteiger charge is 2.23. The summed E-state index contributed by atoms with van der Waals surface area (Å²) in [6, 6.07) is 16.3. The van der Waals surface area contributed by atoms with Gasteiger partial charge in [0.1, 0.15) is 17.0 Å². The van der Waals surface area contributed by atoms with E-state index in [-0.39, 0.29) is 0 Å². The van der Waals surface area contributed by atoms with Crippen LogP contribution in [0.4, 0.5) is 11.5 Å². The maximum atomic E-state index is 6.57. The fraction of sp³-hybridized carbons (Fsp3) is 0.240. The molecule has 0 aliphatic carbocycles. The maximum absolute atomic E-state index is 6.57. The lowest BCUT2D eigenvalue weighted by molar-refractivity contribution is 0.174. The standard InChI is InChI=1S/C25H24N6O2S/c26-22-24(28-15-29-25(22)34-21-5-1-3-18-4-2-8-27-23(18)21)31-11-9-30(10-12-31)14-17-6-7-19-20(13-17)33-16-32-19/h1-8,13,15H,9-12,14,16,26H2. The van der Waals surface area contributed by atoms with Gasteiger partial charge in [-0.15, -0.1) is 0 Å². The second-order valence-corrected chi connectivity index (χ2v) is 9.33. The predicted molar refractivity (Wildman–Crippen MR) is 132 cm³/mol. The summed E-state index contributed by atoms with van der Waals surface area (Å²) in [5, 5.41) is 1.85. The molecule has 4 aromatic rings. The van der Waals surface area contributed by atoms with E-state index in [1.807, 2.05) is 24.4 Å². The van der Waals surface area contributed by atoms with Crippen molar-refractivity contribution in [2.24, 2.45) is 0 Å². The van der Waals surface area contributed by atoms with Gasteiger partial charge in [0.2, 0.25) is 6.79 Å². The second kappa shape index (κ2) is 9.00. The van der Waals surface area contributed by atoms with Crippen LogP contribution in [-0.4, -0.2) is 52.8 Å². The van der Waals surface area contributed by atoms with E-state index in [2.05, 4.69) is 55.1 Å². The Hall–Kier alpha value is -3.56. The van der Waals surface area contributed by atoms with Crippen molar-refractivity contribution in [3.8, 4) is 11.5 Å². The van der Waals surface area contributed by atoms with Gasteiger partial charge in [0.25, 0.3) is 0 Å². The molecule has 0 atom stereocenters. The molecule has 2 aromatic heterocycles. The number of hydrogen-bond acceptors (Lipinski definition) is 9. The van der Waals surface area contributed by atoms with Crippen molar-refractivity contribution in [3.05, 3.63) is 66.6 Å². The fourth-order valence-electron chi connectivity index (χ4n) is 4.38. The van der Waals surface area contributed by atoms with E-state index >= 15 is 0 Å². The molecule has 0 bridgehead atoms. The highest BCUT2D eigenvalue weighted by Crippen LogP contribution is 2.37. The second-order valence-electron chi connectivity index (χ2n) is 8.30. The number of aromatic nitrogens is 3. The Morgan fingerprint density at radius 1 is 0.912 bits per heavy atom. The van der Waals surface area contributed by atoms with Crippen LogP contribution in [0.1, 0.15) is 5.56 Å². The molecule has 0 spiro atoms. The van der Waals surface area contributed by atoms with Gasteiger partial charge in [0, 0.05) is 49.2 Å². The molecule has 34 heavy (non-hydrogen) atoms. The van der Waals surface area contributed by atoms with Gasteiger partial charge in [-0.2, -0.15) is 0 Å². The lowest BCUT2D eigenvalue weighted by atomic mass is 10.1. The van der Waals surface area contributed by atoms with Gasteiger partial charge in [-0.25, -0.2) is 9.97 Å². The molecule has 8 nitrogen and oxygen atoms in total. The minimum atomic E-state index is 0.301. The highest BCUT2D eigenvalue weighted by molar-refractivity contribution is 7.99. The number of anilines is 2. The molecule has 1 saturated heterocycles. The SMILES string of the molecule is Nc1c(Sc2cccc3cccnc23)ncnc1N1CCN(Cc2ccc3c(c2)OCO3)CC1. The summed E-state index contributed by atoms with van der Waals surface area (Å²) < 4.78 is 10.9. The molecule has 0 radical (unpaired) electrons. The number of fused-ring (bicyclic) bond motifs is 2. The Morgan fingerprint density at radius 2 is 1.76 bits per heavy atom. The van der Waals surface area contributed by atoms with Crippen LogP contribution in [0.5, 0.6) is 11.5 Å². The number of ether oxygens (including phenoxy) is 2. The Bertz CT molecular complexity index is 1340. The van der Waals surface area contributed by atoms with Gasteiger partial charge < -0.3 is 20.1 Å². The van der Waals surface area contributed by atoms with Crippen LogP contribution in [0.3, 0.4) is 0 Å². The molecular formula is C25H24N6O2S. The van der Waals surface area contributed by atoms with Crippen LogP contribution >= 0.6 is 11.8 Å². The average Bonchev–Trinajstić information content (AvgIpc) is 3.34. The Kier molecular flexibility index (Phi) is 5.56. The molecule has 172 valence electrons. The molecule has 1 fully saturated rings. The first-order valence-electron chi connectivity index (χ1n) is 11.2. The zero-order valence-electron chi connectivity index (χ0n) is 18.6. The third kappa shape index (κ3) is 4.08. The molecule has 0 unspecified atom stereocenters. The van der Waals surface area contributed by atoms with E-state index in [1.165, 1.54) is 17.3 Å². The Labute approximate surface area is 201 Å². The molecule has 2 aliphatic rings. The Balaban J connectivity index is 1.14. The van der Waals surface area contributed by atoms with Crippen molar-refractivity contribution in [2.75, 3.05) is 43.6 Å². The molecule has 2 aliphatic heterocycles. The number of piperazine rings is 1. The molecule has 2 aromatic carbocycles. The summed E-state index contributed by atoms with van der Waals surface area (Å²) in [6.45, 7) is 4.73. The third-order valence-electron chi connectivity index (χ3n) is 6.14. The topological polar surface area (TPSA) is 89.6 Å². The summed E-state index contributed by atoms with van der Waals surface area (Å²) in [5.41, 5.74) is 9.36. The third-order valence-corrected chi connectivity index (χ3v) is 7.21. The number of pyridine rings is 1. The molecule has 0 amide bonds. The number of nitrogens with zero attached hydrogens (tertiary/aromatic N) is 5. The van der Waals surface area contributed by atoms with Gasteiger partial charge >= 0.3 is 0 Å². The summed E-state index contributed by atoms with van der Waals surface area (Å²) >= 11 is 1.54. The molecular weight excluding hydrogens is 448 g/mol. The first-order valence-corrected chi connectivity index (χ1v) is 12.0. The van der Waals surface area contributed by atoms with Crippen LogP contribution < -0.4 is 20.1 Å². The average molecular weight is 473 g/mol. The fourth-order valence-corrected chi connectivity index (χ4v) is 5.31. The van der Waals surface area contributed by atoms with E-state index in [1.54, 1.807) is 6.33 Å². The summed E-state index contributed by atoms with van der Waals surface area (Å²) in [5.74, 6) is 2.45. The number of nitrogens with two attached hydrogens (primary N) is 1. The summed E-state index contributed by atoms with van der Waals surface area (Å²) in [6.07, 6.45) is 3.41. The summed E-state index contributed by atoms with van der Waals surface area (Å²) in [7, 11) is 0. The smallest absolute Gasteiger partial charge is 0.231 e. The lowest BCUT2D eigenvalue weighted by Gasteiger charge is -2.36. The first kappa shape index (κ1) is 21.0. The van der Waals surface area contributed by atoms with Gasteiger partial charge in [-0.3, -0.25) is 9.88 Å². The van der Waals surface area contributed by atoms with Crippen molar-refractivity contribution in [1.29, 1.82) is 0 Å². The van der Waals surface area contributed by atoms with Crippen LogP contribution in [0.25, 0.3) is 10.9 Å². The zero-order valence-corrected chi connectivity index (χ0v) is 19.4. The van der Waals surface area contributed by atoms with Gasteiger partial charge in [-0.05, 0) is 29.8 Å². The molecule has 4 heterocycles. The van der Waals surface area contributed by atoms with Gasteiger partial charge in [0.15, 0.2) is 17.3 Å². The quantitative estimate of drug-likeness (QED) is 0.436. The van der Waals surface area contributed by atoms with Crippen LogP contribution in [0, 0.1) is 0 Å². The monoisotopic (exact) mass is 472 g/mol. The molecule has 0 saturated carbocycles. The number of hydrogen-bond donors (Lipinski definition) is 1. The Morgan fingerprint density at radius 3 is 2.68 bits per heavy atom. The minimum absolute atomic E-state index is 0.301. The van der Waals surface area contributed by atoms with Crippen molar-refractivity contribution in [1.82, 2.24) is 19.9 Å². The van der Waals surface area contributed by atoms with E-state index in [4.69, 9.17) is 15.2 Å². The van der Waals surface area contributed by atoms with Gasteiger partial charge in [-0.1, -0.05) is 36.0 Å². The number of nitrogen functional groups attached to an aromatic ring is 1. The van der Waals surface area contributed by atoms with Crippen molar-refractivity contribution in [3.63, 3.8) is 0 Å². The molecule has 6 rings (SSSR count). The first-order chi connectivity index (χ1) is 16.7. The largest absolute Gasteiger partial charge is 0.454 e. The summed E-state index contributed by atoms with van der Waals surface area (Å²) in [4.78, 5) is 19.3. The van der Waals surface area contributed by atoms with E-state index < -0.39 is 0 Å². The maximum Gasteiger partial charge on any atom is 0.231 e. The van der Waals surface area contributed by atoms with E-state index in [0.717, 1.165) is 70.9 Å².